The van der Waals surface area contributed by atoms with E-state index in [1.165, 1.54) is 12.0 Å². The normalized spacial score (nSPS) is 21.0. The zero-order valence-corrected chi connectivity index (χ0v) is 15.6. The van der Waals surface area contributed by atoms with E-state index in [-0.39, 0.29) is 5.91 Å². The molecule has 3 rings (SSSR count). The van der Waals surface area contributed by atoms with Gasteiger partial charge in [0.25, 0.3) is 0 Å². The van der Waals surface area contributed by atoms with Gasteiger partial charge in [-0.25, -0.2) is 4.98 Å². The minimum atomic E-state index is 0.214. The van der Waals surface area contributed by atoms with E-state index in [9.17, 15) is 4.79 Å². The zero-order valence-electron chi connectivity index (χ0n) is 14.8. The number of hydrogen-bond donors (Lipinski definition) is 0. The number of aryl methyl sites for hydroxylation is 1. The Balaban J connectivity index is 1.66. The van der Waals surface area contributed by atoms with Gasteiger partial charge in [-0.3, -0.25) is 4.79 Å². The third kappa shape index (κ3) is 4.04. The number of rotatable bonds is 4. The number of aromatic nitrogens is 1. The highest BCUT2D eigenvalue weighted by Gasteiger charge is 2.25. The van der Waals surface area contributed by atoms with E-state index < -0.39 is 0 Å². The van der Waals surface area contributed by atoms with Crippen molar-refractivity contribution >= 4 is 17.2 Å². The third-order valence-corrected chi connectivity index (χ3v) is 5.65. The number of carbonyl (C=O) groups is 1. The van der Waals surface area contributed by atoms with E-state index in [0.717, 1.165) is 35.8 Å². The first-order valence-corrected chi connectivity index (χ1v) is 9.74. The molecule has 1 aromatic heterocycles. The number of piperidine rings is 1. The largest absolute Gasteiger partial charge is 0.342 e. The fourth-order valence-electron chi connectivity index (χ4n) is 3.54. The first kappa shape index (κ1) is 17.2. The van der Waals surface area contributed by atoms with Crippen molar-refractivity contribution < 1.29 is 4.79 Å². The summed E-state index contributed by atoms with van der Waals surface area (Å²) in [5.41, 5.74) is 3.36. The van der Waals surface area contributed by atoms with Crippen molar-refractivity contribution in [3.8, 4) is 10.6 Å². The maximum absolute atomic E-state index is 12.6. The van der Waals surface area contributed by atoms with Gasteiger partial charge < -0.3 is 4.90 Å². The average molecular weight is 343 g/mol. The van der Waals surface area contributed by atoms with Gasteiger partial charge in [0, 0.05) is 24.0 Å². The minimum absolute atomic E-state index is 0.214. The van der Waals surface area contributed by atoms with Crippen LogP contribution in [0.3, 0.4) is 0 Å². The molecular formula is C20H26N2OS. The lowest BCUT2D eigenvalue weighted by Crippen LogP contribution is -2.43. The Morgan fingerprint density at radius 3 is 2.50 bits per heavy atom. The third-order valence-electron chi connectivity index (χ3n) is 4.71. The Kier molecular flexibility index (Phi) is 5.34. The second-order valence-electron chi connectivity index (χ2n) is 7.12. The summed E-state index contributed by atoms with van der Waals surface area (Å²) in [6.45, 7) is 8.40. The second kappa shape index (κ2) is 7.47. The fraction of sp³-hybridized carbons (Fsp3) is 0.500. The molecule has 1 aromatic carbocycles. The average Bonchev–Trinajstić information content (AvgIpc) is 3.02. The Labute approximate surface area is 148 Å². The number of nitrogens with zero attached hydrogens (tertiary/aromatic N) is 2. The van der Waals surface area contributed by atoms with Crippen LogP contribution >= 0.6 is 11.3 Å². The van der Waals surface area contributed by atoms with Crippen molar-refractivity contribution in [3.05, 3.63) is 40.9 Å². The Bertz CT molecular complexity index is 682. The van der Waals surface area contributed by atoms with Crippen LogP contribution in [0.1, 0.15) is 38.4 Å². The topological polar surface area (TPSA) is 33.2 Å². The number of hydrogen-bond acceptors (Lipinski definition) is 3. The van der Waals surface area contributed by atoms with Gasteiger partial charge in [-0.2, -0.15) is 0 Å². The predicted octanol–water partition coefficient (Wildman–Crippen LogP) is 4.42. The van der Waals surface area contributed by atoms with E-state index in [4.69, 9.17) is 0 Å². The molecule has 0 spiro atoms. The monoisotopic (exact) mass is 342 g/mol. The summed E-state index contributed by atoms with van der Waals surface area (Å²) >= 11 is 1.62. The number of benzene rings is 1. The van der Waals surface area contributed by atoms with Crippen LogP contribution < -0.4 is 0 Å². The van der Waals surface area contributed by atoms with Crippen LogP contribution in [0.4, 0.5) is 0 Å². The van der Waals surface area contributed by atoms with Gasteiger partial charge in [0.1, 0.15) is 5.01 Å². The van der Waals surface area contributed by atoms with Gasteiger partial charge >= 0.3 is 0 Å². The van der Waals surface area contributed by atoms with E-state index in [1.807, 2.05) is 10.3 Å². The molecule has 0 saturated carbocycles. The second-order valence-corrected chi connectivity index (χ2v) is 7.97. The minimum Gasteiger partial charge on any atom is -0.342 e. The summed E-state index contributed by atoms with van der Waals surface area (Å²) in [6, 6.07) is 8.55. The van der Waals surface area contributed by atoms with Crippen LogP contribution in [0.15, 0.2) is 29.6 Å². The van der Waals surface area contributed by atoms with Crippen molar-refractivity contribution in [1.82, 2.24) is 9.88 Å². The van der Waals surface area contributed by atoms with E-state index in [0.29, 0.717) is 18.3 Å². The van der Waals surface area contributed by atoms with Crippen LogP contribution in [0.5, 0.6) is 0 Å². The summed E-state index contributed by atoms with van der Waals surface area (Å²) in [5, 5.41) is 3.03. The van der Waals surface area contributed by atoms with Crippen molar-refractivity contribution in [2.24, 2.45) is 11.8 Å². The molecular weight excluding hydrogens is 316 g/mol. The van der Waals surface area contributed by atoms with Gasteiger partial charge in [-0.05, 0) is 30.2 Å². The number of thiazole rings is 1. The Morgan fingerprint density at radius 2 is 1.88 bits per heavy atom. The van der Waals surface area contributed by atoms with E-state index >= 15 is 0 Å². The van der Waals surface area contributed by atoms with E-state index in [2.05, 4.69) is 50.0 Å². The molecule has 24 heavy (non-hydrogen) atoms. The van der Waals surface area contributed by atoms with Gasteiger partial charge in [0.2, 0.25) is 5.91 Å². The summed E-state index contributed by atoms with van der Waals surface area (Å²) in [4.78, 5) is 19.3. The standard InChI is InChI=1S/C20H26N2OS/c1-4-16-5-7-17(8-6-16)20-21-18(13-24-20)10-19(23)22-11-14(2)9-15(3)12-22/h5-8,13-15H,4,9-12H2,1-3H3. The molecule has 3 nitrogen and oxygen atoms in total. The van der Waals surface area contributed by atoms with Crippen molar-refractivity contribution in [2.75, 3.05) is 13.1 Å². The molecule has 0 bridgehead atoms. The molecule has 2 unspecified atom stereocenters. The van der Waals surface area contributed by atoms with Crippen molar-refractivity contribution in [1.29, 1.82) is 0 Å². The van der Waals surface area contributed by atoms with Gasteiger partial charge in [0.15, 0.2) is 0 Å². The van der Waals surface area contributed by atoms with Crippen LogP contribution in [0.2, 0.25) is 0 Å². The molecule has 2 heterocycles. The SMILES string of the molecule is CCc1ccc(-c2nc(CC(=O)N3CC(C)CC(C)C3)cs2)cc1. The highest BCUT2D eigenvalue weighted by atomic mass is 32.1. The molecule has 1 fully saturated rings. The van der Waals surface area contributed by atoms with Crippen LogP contribution in [-0.2, 0) is 17.6 Å². The lowest BCUT2D eigenvalue weighted by molar-refractivity contribution is -0.133. The predicted molar refractivity (Wildman–Crippen MR) is 100 cm³/mol. The molecule has 2 aromatic rings. The summed E-state index contributed by atoms with van der Waals surface area (Å²) in [7, 11) is 0. The molecule has 4 heteroatoms. The molecule has 2 atom stereocenters. The Hall–Kier alpha value is -1.68. The van der Waals surface area contributed by atoms with Crippen LogP contribution in [0, 0.1) is 11.8 Å². The number of amides is 1. The fourth-order valence-corrected chi connectivity index (χ4v) is 4.36. The summed E-state index contributed by atoms with van der Waals surface area (Å²) < 4.78 is 0. The first-order chi connectivity index (χ1) is 11.5. The van der Waals surface area contributed by atoms with Crippen molar-refractivity contribution in [3.63, 3.8) is 0 Å². The Morgan fingerprint density at radius 1 is 1.21 bits per heavy atom. The highest BCUT2D eigenvalue weighted by Crippen LogP contribution is 2.25. The maximum atomic E-state index is 12.6. The number of likely N-dealkylation sites (tertiary alicyclic amines) is 1. The van der Waals surface area contributed by atoms with Gasteiger partial charge in [0.05, 0.1) is 12.1 Å². The zero-order chi connectivity index (χ0) is 17.1. The smallest absolute Gasteiger partial charge is 0.228 e. The van der Waals surface area contributed by atoms with Gasteiger partial charge in [-0.1, -0.05) is 45.0 Å². The van der Waals surface area contributed by atoms with Gasteiger partial charge in [-0.15, -0.1) is 11.3 Å². The number of carbonyl (C=O) groups excluding carboxylic acids is 1. The van der Waals surface area contributed by atoms with Crippen LogP contribution in [0.25, 0.3) is 10.6 Å². The maximum Gasteiger partial charge on any atom is 0.228 e. The molecule has 1 amide bonds. The summed E-state index contributed by atoms with van der Waals surface area (Å²) in [6.07, 6.45) is 2.69. The molecule has 1 aliphatic rings. The first-order valence-electron chi connectivity index (χ1n) is 8.86. The molecule has 0 radical (unpaired) electrons. The lowest BCUT2D eigenvalue weighted by atomic mass is 9.92. The molecule has 0 N–H and O–H groups in total. The molecule has 1 aliphatic heterocycles. The highest BCUT2D eigenvalue weighted by molar-refractivity contribution is 7.13. The molecule has 128 valence electrons. The van der Waals surface area contributed by atoms with Crippen molar-refractivity contribution in [2.45, 2.75) is 40.0 Å². The molecule has 0 aliphatic carbocycles. The van der Waals surface area contributed by atoms with E-state index in [1.54, 1.807) is 11.3 Å². The van der Waals surface area contributed by atoms with Crippen LogP contribution in [-0.4, -0.2) is 28.9 Å². The summed E-state index contributed by atoms with van der Waals surface area (Å²) in [5.74, 6) is 1.41. The molecule has 1 saturated heterocycles. The quantitative estimate of drug-likeness (QED) is 0.824. The lowest BCUT2D eigenvalue weighted by Gasteiger charge is -2.35.